The van der Waals surface area contributed by atoms with E-state index >= 15 is 0 Å². The van der Waals surface area contributed by atoms with Crippen molar-refractivity contribution in [3.05, 3.63) is 0 Å². The molecule has 2 fully saturated rings. The van der Waals surface area contributed by atoms with E-state index in [9.17, 15) is 13.2 Å². The maximum Gasteiger partial charge on any atom is 0.401 e. The van der Waals surface area contributed by atoms with Crippen molar-refractivity contribution in [2.75, 3.05) is 52.5 Å². The van der Waals surface area contributed by atoms with Crippen LogP contribution >= 0.6 is 0 Å². The number of alkyl halides is 3. The number of aliphatic imine (C=N–C) groups is 1. The van der Waals surface area contributed by atoms with Crippen LogP contribution in [0.4, 0.5) is 13.2 Å². The van der Waals surface area contributed by atoms with E-state index in [1.54, 1.807) is 0 Å². The van der Waals surface area contributed by atoms with Gasteiger partial charge in [0.2, 0.25) is 0 Å². The van der Waals surface area contributed by atoms with Crippen LogP contribution in [-0.4, -0.2) is 81.7 Å². The van der Waals surface area contributed by atoms with Gasteiger partial charge < -0.3 is 20.1 Å². The van der Waals surface area contributed by atoms with Gasteiger partial charge in [0.1, 0.15) is 0 Å². The molecule has 0 aromatic rings. The molecule has 2 N–H and O–H groups in total. The molecule has 2 aliphatic heterocycles. The summed E-state index contributed by atoms with van der Waals surface area (Å²) in [7, 11) is 0. The van der Waals surface area contributed by atoms with E-state index in [2.05, 4.69) is 15.6 Å². The van der Waals surface area contributed by atoms with Gasteiger partial charge in [-0.2, -0.15) is 13.2 Å². The zero-order chi connectivity index (χ0) is 18.8. The number of likely N-dealkylation sites (tertiary alicyclic amines) is 1. The third kappa shape index (κ3) is 8.55. The number of nitrogens with zero attached hydrogens (tertiary/aromatic N) is 2. The van der Waals surface area contributed by atoms with E-state index in [0.717, 1.165) is 32.5 Å². The Kier molecular flexibility index (Phi) is 8.94. The number of hydrogen-bond acceptors (Lipinski definition) is 4. The molecular weight excluding hydrogens is 349 g/mol. The molecule has 0 bridgehead atoms. The average molecular weight is 380 g/mol. The Bertz CT molecular complexity index is 429. The SMILES string of the molecule is CCNC(=NCCCOC1CCOCC1)NC1CCN(CC(F)(F)F)C1. The number of rotatable bonds is 8. The first-order valence-electron chi connectivity index (χ1n) is 9.49. The summed E-state index contributed by atoms with van der Waals surface area (Å²) in [5, 5.41) is 6.40. The van der Waals surface area contributed by atoms with Crippen LogP contribution < -0.4 is 10.6 Å². The van der Waals surface area contributed by atoms with Crippen LogP contribution in [-0.2, 0) is 9.47 Å². The Morgan fingerprint density at radius 2 is 2.04 bits per heavy atom. The quantitative estimate of drug-likeness (QED) is 0.382. The summed E-state index contributed by atoms with van der Waals surface area (Å²) in [6.45, 7) is 5.50. The Morgan fingerprint density at radius 1 is 1.27 bits per heavy atom. The number of ether oxygens (including phenoxy) is 2. The summed E-state index contributed by atoms with van der Waals surface area (Å²) in [5.74, 6) is 0.664. The molecular formula is C17H31F3N4O2. The van der Waals surface area contributed by atoms with Crippen LogP contribution in [0.5, 0.6) is 0 Å². The van der Waals surface area contributed by atoms with Gasteiger partial charge in [-0.1, -0.05) is 0 Å². The molecule has 2 rings (SSSR count). The molecule has 26 heavy (non-hydrogen) atoms. The lowest BCUT2D eigenvalue weighted by Crippen LogP contribution is -2.45. The lowest BCUT2D eigenvalue weighted by Gasteiger charge is -2.22. The van der Waals surface area contributed by atoms with E-state index in [4.69, 9.17) is 9.47 Å². The van der Waals surface area contributed by atoms with E-state index in [0.29, 0.717) is 45.2 Å². The van der Waals surface area contributed by atoms with E-state index in [1.807, 2.05) is 6.92 Å². The third-order valence-corrected chi connectivity index (χ3v) is 4.45. The molecule has 0 radical (unpaired) electrons. The van der Waals surface area contributed by atoms with Gasteiger partial charge in [-0.15, -0.1) is 0 Å². The van der Waals surface area contributed by atoms with Gasteiger partial charge in [0.15, 0.2) is 5.96 Å². The third-order valence-electron chi connectivity index (χ3n) is 4.45. The van der Waals surface area contributed by atoms with Gasteiger partial charge in [0, 0.05) is 52.0 Å². The second kappa shape index (κ2) is 10.9. The Hall–Kier alpha value is -1.06. The fourth-order valence-electron chi connectivity index (χ4n) is 3.21. The zero-order valence-electron chi connectivity index (χ0n) is 15.5. The van der Waals surface area contributed by atoms with Crippen molar-refractivity contribution in [3.8, 4) is 0 Å². The second-order valence-electron chi connectivity index (χ2n) is 6.78. The van der Waals surface area contributed by atoms with E-state index < -0.39 is 12.7 Å². The van der Waals surface area contributed by atoms with Gasteiger partial charge in [-0.3, -0.25) is 9.89 Å². The van der Waals surface area contributed by atoms with Crippen molar-refractivity contribution in [2.45, 2.75) is 50.9 Å². The maximum absolute atomic E-state index is 12.5. The van der Waals surface area contributed by atoms with Crippen molar-refractivity contribution < 1.29 is 22.6 Å². The van der Waals surface area contributed by atoms with Gasteiger partial charge in [0.05, 0.1) is 12.6 Å². The molecule has 0 aromatic carbocycles. The summed E-state index contributed by atoms with van der Waals surface area (Å²) in [6, 6.07) is -0.00589. The lowest BCUT2D eigenvalue weighted by atomic mass is 10.1. The molecule has 152 valence electrons. The number of halogens is 3. The number of guanidine groups is 1. The smallest absolute Gasteiger partial charge is 0.381 e. The molecule has 6 nitrogen and oxygen atoms in total. The highest BCUT2D eigenvalue weighted by molar-refractivity contribution is 5.80. The Balaban J connectivity index is 1.66. The summed E-state index contributed by atoms with van der Waals surface area (Å²) in [5.41, 5.74) is 0. The topological polar surface area (TPSA) is 58.1 Å². The predicted octanol–water partition coefficient (Wildman–Crippen LogP) is 1.76. The second-order valence-corrected chi connectivity index (χ2v) is 6.78. The molecule has 0 saturated carbocycles. The molecule has 2 aliphatic rings. The molecule has 0 aliphatic carbocycles. The monoisotopic (exact) mass is 380 g/mol. The summed E-state index contributed by atoms with van der Waals surface area (Å²) < 4.78 is 48.5. The van der Waals surface area contributed by atoms with Gasteiger partial charge >= 0.3 is 6.18 Å². The molecule has 1 atom stereocenters. The molecule has 0 aromatic heterocycles. The highest BCUT2D eigenvalue weighted by atomic mass is 19.4. The highest BCUT2D eigenvalue weighted by Gasteiger charge is 2.34. The van der Waals surface area contributed by atoms with Crippen molar-refractivity contribution in [3.63, 3.8) is 0 Å². The van der Waals surface area contributed by atoms with Crippen molar-refractivity contribution in [1.29, 1.82) is 0 Å². The largest absolute Gasteiger partial charge is 0.401 e. The highest BCUT2D eigenvalue weighted by Crippen LogP contribution is 2.19. The first-order chi connectivity index (χ1) is 12.5. The van der Waals surface area contributed by atoms with Crippen LogP contribution in [0.3, 0.4) is 0 Å². The normalized spacial score (nSPS) is 23.4. The van der Waals surface area contributed by atoms with Crippen LogP contribution in [0.1, 0.15) is 32.6 Å². The van der Waals surface area contributed by atoms with E-state index in [-0.39, 0.29) is 12.1 Å². The minimum Gasteiger partial charge on any atom is -0.381 e. The van der Waals surface area contributed by atoms with Crippen molar-refractivity contribution in [1.82, 2.24) is 15.5 Å². The number of nitrogens with one attached hydrogen (secondary N) is 2. The van der Waals surface area contributed by atoms with Crippen molar-refractivity contribution >= 4 is 5.96 Å². The standard InChI is InChI=1S/C17H31F3N4O2/c1-2-21-16(22-7-3-9-26-15-5-10-25-11-6-15)23-14-4-8-24(12-14)13-17(18,19)20/h14-15H,2-13H2,1H3,(H2,21,22,23). The number of hydrogen-bond donors (Lipinski definition) is 2. The zero-order valence-corrected chi connectivity index (χ0v) is 15.5. The summed E-state index contributed by atoms with van der Waals surface area (Å²) in [6.07, 6.45) is -0.450. The van der Waals surface area contributed by atoms with Gasteiger partial charge in [-0.25, -0.2) is 0 Å². The molecule has 1 unspecified atom stereocenters. The summed E-state index contributed by atoms with van der Waals surface area (Å²) in [4.78, 5) is 5.94. The molecule has 2 heterocycles. The fourth-order valence-corrected chi connectivity index (χ4v) is 3.21. The molecule has 0 amide bonds. The Morgan fingerprint density at radius 3 is 2.73 bits per heavy atom. The van der Waals surface area contributed by atoms with Crippen LogP contribution in [0, 0.1) is 0 Å². The van der Waals surface area contributed by atoms with Gasteiger partial charge in [-0.05, 0) is 32.6 Å². The minimum atomic E-state index is -4.14. The lowest BCUT2D eigenvalue weighted by molar-refractivity contribution is -0.143. The van der Waals surface area contributed by atoms with E-state index in [1.165, 1.54) is 4.90 Å². The predicted molar refractivity (Wildman–Crippen MR) is 94.4 cm³/mol. The molecule has 0 spiro atoms. The first kappa shape index (κ1) is 21.2. The first-order valence-corrected chi connectivity index (χ1v) is 9.49. The summed E-state index contributed by atoms with van der Waals surface area (Å²) >= 11 is 0. The average Bonchev–Trinajstić information content (AvgIpc) is 3.00. The molecule has 2 saturated heterocycles. The van der Waals surface area contributed by atoms with Crippen LogP contribution in [0.15, 0.2) is 4.99 Å². The fraction of sp³-hybridized carbons (Fsp3) is 0.941. The molecule has 9 heteroatoms. The Labute approximate surface area is 153 Å². The maximum atomic E-state index is 12.5. The van der Waals surface area contributed by atoms with Crippen molar-refractivity contribution in [2.24, 2.45) is 4.99 Å². The van der Waals surface area contributed by atoms with Gasteiger partial charge in [0.25, 0.3) is 0 Å². The minimum absolute atomic E-state index is 0.00589. The van der Waals surface area contributed by atoms with Crippen LogP contribution in [0.2, 0.25) is 0 Å². The van der Waals surface area contributed by atoms with Crippen LogP contribution in [0.25, 0.3) is 0 Å².